The highest BCUT2D eigenvalue weighted by Crippen LogP contribution is 2.44. The van der Waals surface area contributed by atoms with E-state index in [0.717, 1.165) is 18.4 Å². The number of nitrogens with one attached hydrogen (secondary N) is 1. The van der Waals surface area contributed by atoms with E-state index < -0.39 is 0 Å². The Kier molecular flexibility index (Phi) is 3.69. The van der Waals surface area contributed by atoms with Gasteiger partial charge in [-0.3, -0.25) is 4.79 Å². The Balaban J connectivity index is 1.68. The van der Waals surface area contributed by atoms with Crippen LogP contribution < -0.4 is 5.32 Å². The van der Waals surface area contributed by atoms with Crippen molar-refractivity contribution in [1.82, 2.24) is 10.5 Å². The Morgan fingerprint density at radius 3 is 2.90 bits per heavy atom. The van der Waals surface area contributed by atoms with Crippen LogP contribution >= 0.6 is 11.6 Å². The quantitative estimate of drug-likeness (QED) is 0.890. The van der Waals surface area contributed by atoms with Crippen LogP contribution in [0.5, 0.6) is 0 Å². The van der Waals surface area contributed by atoms with Crippen molar-refractivity contribution in [3.63, 3.8) is 0 Å². The molecule has 0 saturated heterocycles. The molecule has 1 heterocycles. The number of aliphatic hydroxyl groups excluding tert-OH is 1. The van der Waals surface area contributed by atoms with Gasteiger partial charge in [0.15, 0.2) is 0 Å². The molecule has 0 spiro atoms. The average molecular weight is 307 g/mol. The van der Waals surface area contributed by atoms with Gasteiger partial charge in [0.05, 0.1) is 6.61 Å². The van der Waals surface area contributed by atoms with Gasteiger partial charge in [-0.1, -0.05) is 28.9 Å². The first-order chi connectivity index (χ1) is 10.1. The average Bonchev–Trinajstić information content (AvgIpc) is 3.11. The van der Waals surface area contributed by atoms with Gasteiger partial charge in [-0.25, -0.2) is 0 Å². The maximum Gasteiger partial charge on any atom is 0.289 e. The fraction of sp³-hybridized carbons (Fsp3) is 0.333. The van der Waals surface area contributed by atoms with Gasteiger partial charge in [-0.2, -0.15) is 0 Å². The largest absolute Gasteiger partial charge is 0.396 e. The van der Waals surface area contributed by atoms with E-state index in [9.17, 15) is 9.90 Å². The summed E-state index contributed by atoms with van der Waals surface area (Å²) in [5.74, 6) is -0.172. The summed E-state index contributed by atoms with van der Waals surface area (Å²) in [5, 5.41) is 16.5. The maximum absolute atomic E-state index is 12.0. The number of aromatic nitrogens is 1. The Morgan fingerprint density at radius 2 is 2.24 bits per heavy atom. The van der Waals surface area contributed by atoms with Gasteiger partial charge in [0.1, 0.15) is 5.69 Å². The molecule has 1 aliphatic rings. The number of amides is 1. The summed E-state index contributed by atoms with van der Waals surface area (Å²) in [6.45, 7) is 0.549. The third-order valence-corrected chi connectivity index (χ3v) is 4.01. The highest BCUT2D eigenvalue weighted by atomic mass is 35.5. The van der Waals surface area contributed by atoms with Gasteiger partial charge in [0.2, 0.25) is 5.76 Å². The van der Waals surface area contributed by atoms with Crippen LogP contribution in [0.25, 0.3) is 11.3 Å². The summed E-state index contributed by atoms with van der Waals surface area (Å²) in [6, 6.07) is 8.76. The molecule has 2 aromatic rings. The van der Waals surface area contributed by atoms with E-state index in [0.29, 0.717) is 17.3 Å². The molecule has 3 rings (SSSR count). The zero-order valence-corrected chi connectivity index (χ0v) is 12.1. The smallest absolute Gasteiger partial charge is 0.289 e. The number of nitrogens with zero attached hydrogens (tertiary/aromatic N) is 1. The molecule has 5 nitrogen and oxygen atoms in total. The highest BCUT2D eigenvalue weighted by Gasteiger charge is 2.42. The van der Waals surface area contributed by atoms with Gasteiger partial charge in [-0.15, -0.1) is 0 Å². The fourth-order valence-corrected chi connectivity index (χ4v) is 2.28. The van der Waals surface area contributed by atoms with E-state index >= 15 is 0 Å². The number of aliphatic hydroxyl groups is 1. The van der Waals surface area contributed by atoms with Crippen molar-refractivity contribution < 1.29 is 14.4 Å². The van der Waals surface area contributed by atoms with Gasteiger partial charge in [-0.05, 0) is 25.0 Å². The van der Waals surface area contributed by atoms with Crippen molar-refractivity contribution >= 4 is 17.5 Å². The first-order valence-electron chi connectivity index (χ1n) is 6.74. The molecule has 0 aliphatic heterocycles. The van der Waals surface area contributed by atoms with Crippen LogP contribution in [0.3, 0.4) is 0 Å². The summed E-state index contributed by atoms with van der Waals surface area (Å²) in [4.78, 5) is 12.0. The molecule has 0 atom stereocenters. The van der Waals surface area contributed by atoms with Crippen LogP contribution in [0.4, 0.5) is 0 Å². The van der Waals surface area contributed by atoms with Crippen LogP contribution in [0.2, 0.25) is 5.02 Å². The molecule has 1 aromatic heterocycles. The second kappa shape index (κ2) is 5.50. The van der Waals surface area contributed by atoms with E-state index in [4.69, 9.17) is 16.1 Å². The van der Waals surface area contributed by atoms with Crippen LogP contribution in [-0.2, 0) is 0 Å². The lowest BCUT2D eigenvalue weighted by Gasteiger charge is -2.11. The molecule has 0 bridgehead atoms. The zero-order valence-electron chi connectivity index (χ0n) is 11.3. The molecule has 0 unspecified atom stereocenters. The summed E-state index contributed by atoms with van der Waals surface area (Å²) in [6.07, 6.45) is 1.88. The molecule has 110 valence electrons. The summed E-state index contributed by atoms with van der Waals surface area (Å²) in [5.41, 5.74) is 1.22. The minimum Gasteiger partial charge on any atom is -0.396 e. The third kappa shape index (κ3) is 3.09. The minimum atomic E-state index is -0.324. The molecule has 2 N–H and O–H groups in total. The first kappa shape index (κ1) is 14.1. The van der Waals surface area contributed by atoms with Crippen LogP contribution in [0.1, 0.15) is 23.4 Å². The Hall–Kier alpha value is -1.85. The van der Waals surface area contributed by atoms with Crippen molar-refractivity contribution in [2.24, 2.45) is 5.41 Å². The summed E-state index contributed by atoms with van der Waals surface area (Å²) in [7, 11) is 0. The SMILES string of the molecule is O=C(NCC1(CO)CC1)c1cc(-c2cccc(Cl)c2)no1. The van der Waals surface area contributed by atoms with Crippen molar-refractivity contribution in [1.29, 1.82) is 0 Å². The number of hydrogen-bond acceptors (Lipinski definition) is 4. The van der Waals surface area contributed by atoms with Gasteiger partial charge in [0.25, 0.3) is 5.91 Å². The van der Waals surface area contributed by atoms with Crippen LogP contribution in [0, 0.1) is 5.41 Å². The standard InChI is InChI=1S/C15H15ClN2O3/c16-11-3-1-2-10(6-11)12-7-13(21-18-12)14(20)17-8-15(9-19)4-5-15/h1-3,6-7,19H,4-5,8-9H2,(H,17,20). The van der Waals surface area contributed by atoms with Gasteiger partial charge < -0.3 is 14.9 Å². The summed E-state index contributed by atoms with van der Waals surface area (Å²) >= 11 is 5.93. The molecule has 1 amide bonds. The van der Waals surface area contributed by atoms with Crippen LogP contribution in [-0.4, -0.2) is 29.3 Å². The second-order valence-corrected chi connectivity index (χ2v) is 5.86. The maximum atomic E-state index is 12.0. The zero-order chi connectivity index (χ0) is 14.9. The second-order valence-electron chi connectivity index (χ2n) is 5.43. The van der Waals surface area contributed by atoms with Crippen molar-refractivity contribution in [2.75, 3.05) is 13.2 Å². The number of carbonyl (C=O) groups is 1. The molecular formula is C15H15ClN2O3. The fourth-order valence-electron chi connectivity index (χ4n) is 2.09. The minimum absolute atomic E-state index is 0.0947. The van der Waals surface area contributed by atoms with E-state index in [1.807, 2.05) is 12.1 Å². The lowest BCUT2D eigenvalue weighted by Crippen LogP contribution is -2.31. The molecular weight excluding hydrogens is 292 g/mol. The predicted molar refractivity (Wildman–Crippen MR) is 78.0 cm³/mol. The third-order valence-electron chi connectivity index (χ3n) is 3.77. The highest BCUT2D eigenvalue weighted by molar-refractivity contribution is 6.30. The Bertz CT molecular complexity index is 664. The predicted octanol–water partition coefficient (Wildman–Crippen LogP) is 2.50. The van der Waals surface area contributed by atoms with Crippen molar-refractivity contribution in [3.8, 4) is 11.3 Å². The molecule has 1 aromatic carbocycles. The molecule has 6 heteroatoms. The number of benzene rings is 1. The molecule has 1 saturated carbocycles. The van der Waals surface area contributed by atoms with E-state index in [1.165, 1.54) is 0 Å². The molecule has 1 aliphatic carbocycles. The van der Waals surface area contributed by atoms with E-state index in [1.54, 1.807) is 18.2 Å². The Morgan fingerprint density at radius 1 is 1.43 bits per heavy atom. The number of rotatable bonds is 5. The van der Waals surface area contributed by atoms with Gasteiger partial charge >= 0.3 is 0 Å². The first-order valence-corrected chi connectivity index (χ1v) is 7.11. The summed E-state index contributed by atoms with van der Waals surface area (Å²) < 4.78 is 5.07. The number of hydrogen-bond donors (Lipinski definition) is 2. The lowest BCUT2D eigenvalue weighted by molar-refractivity contribution is 0.0898. The normalized spacial score (nSPS) is 15.7. The van der Waals surface area contributed by atoms with Gasteiger partial charge in [0, 0.05) is 28.6 Å². The number of carbonyl (C=O) groups excluding carboxylic acids is 1. The molecule has 21 heavy (non-hydrogen) atoms. The van der Waals surface area contributed by atoms with Crippen LogP contribution in [0.15, 0.2) is 34.9 Å². The lowest BCUT2D eigenvalue weighted by atomic mass is 10.1. The topological polar surface area (TPSA) is 75.4 Å². The van der Waals surface area contributed by atoms with E-state index in [2.05, 4.69) is 10.5 Å². The van der Waals surface area contributed by atoms with Crippen molar-refractivity contribution in [2.45, 2.75) is 12.8 Å². The van der Waals surface area contributed by atoms with Crippen molar-refractivity contribution in [3.05, 3.63) is 41.1 Å². The number of halogens is 1. The molecule has 1 fully saturated rings. The monoisotopic (exact) mass is 306 g/mol. The Labute approximate surface area is 126 Å². The molecule has 0 radical (unpaired) electrons. The van der Waals surface area contributed by atoms with E-state index in [-0.39, 0.29) is 23.7 Å².